The number of hydrogen-bond donors (Lipinski definition) is 2. The molecule has 0 aromatic rings. The van der Waals surface area contributed by atoms with E-state index in [1.807, 2.05) is 27.8 Å². The number of amides is 1. The SMILES string of the molecule is CNC1(CC2(NC(=O)OC(C)(C)C)CCCC2)CC1. The highest BCUT2D eigenvalue weighted by Crippen LogP contribution is 2.46. The summed E-state index contributed by atoms with van der Waals surface area (Å²) in [6.07, 6.45) is 7.79. The van der Waals surface area contributed by atoms with E-state index in [0.29, 0.717) is 0 Å². The van der Waals surface area contributed by atoms with Crippen molar-refractivity contribution in [3.05, 3.63) is 0 Å². The summed E-state index contributed by atoms with van der Waals surface area (Å²) in [5.74, 6) is 0. The Labute approximate surface area is 116 Å². The Balaban J connectivity index is 1.98. The number of alkyl carbamates (subject to hydrolysis) is 1. The molecule has 19 heavy (non-hydrogen) atoms. The normalized spacial score (nSPS) is 24.0. The predicted molar refractivity (Wildman–Crippen MR) is 76.2 cm³/mol. The summed E-state index contributed by atoms with van der Waals surface area (Å²) in [4.78, 5) is 12.1. The maximum Gasteiger partial charge on any atom is 0.408 e. The van der Waals surface area contributed by atoms with Gasteiger partial charge in [0.2, 0.25) is 0 Å². The third-order valence-electron chi connectivity index (χ3n) is 4.39. The van der Waals surface area contributed by atoms with Gasteiger partial charge in [0, 0.05) is 11.1 Å². The van der Waals surface area contributed by atoms with Crippen molar-refractivity contribution in [3.63, 3.8) is 0 Å². The zero-order chi connectivity index (χ0) is 14.1. The molecule has 2 N–H and O–H groups in total. The fraction of sp³-hybridized carbons (Fsp3) is 0.933. The summed E-state index contributed by atoms with van der Waals surface area (Å²) in [5, 5.41) is 6.61. The molecule has 2 saturated carbocycles. The summed E-state index contributed by atoms with van der Waals surface area (Å²) in [6, 6.07) is 0. The lowest BCUT2D eigenvalue weighted by atomic mass is 9.88. The Morgan fingerprint density at radius 1 is 1.11 bits per heavy atom. The topological polar surface area (TPSA) is 50.4 Å². The van der Waals surface area contributed by atoms with Crippen LogP contribution >= 0.6 is 0 Å². The van der Waals surface area contributed by atoms with E-state index in [-0.39, 0.29) is 17.2 Å². The molecule has 0 radical (unpaired) electrons. The van der Waals surface area contributed by atoms with Gasteiger partial charge in [-0.05, 0) is 59.9 Å². The molecule has 0 heterocycles. The van der Waals surface area contributed by atoms with Gasteiger partial charge in [0.1, 0.15) is 5.60 Å². The van der Waals surface area contributed by atoms with Crippen molar-refractivity contribution in [1.29, 1.82) is 0 Å². The highest BCUT2D eigenvalue weighted by atomic mass is 16.6. The van der Waals surface area contributed by atoms with Crippen molar-refractivity contribution in [2.45, 2.75) is 82.4 Å². The first-order chi connectivity index (χ1) is 8.78. The average molecular weight is 268 g/mol. The van der Waals surface area contributed by atoms with E-state index in [4.69, 9.17) is 4.74 Å². The molecule has 2 fully saturated rings. The quantitative estimate of drug-likeness (QED) is 0.824. The number of carbonyl (C=O) groups excluding carboxylic acids is 1. The van der Waals surface area contributed by atoms with E-state index in [9.17, 15) is 4.79 Å². The summed E-state index contributed by atoms with van der Waals surface area (Å²) in [6.45, 7) is 5.72. The predicted octanol–water partition coefficient (Wildman–Crippen LogP) is 2.97. The van der Waals surface area contributed by atoms with Gasteiger partial charge in [0.15, 0.2) is 0 Å². The molecule has 0 unspecified atom stereocenters. The first-order valence-electron chi connectivity index (χ1n) is 7.48. The van der Waals surface area contributed by atoms with Crippen LogP contribution in [-0.4, -0.2) is 29.8 Å². The standard InChI is InChI=1S/C15H28N2O2/c1-13(2,3)19-12(18)17-15(7-5-6-8-15)11-14(16-4)9-10-14/h16H,5-11H2,1-4H3,(H,17,18). The van der Waals surface area contributed by atoms with Gasteiger partial charge >= 0.3 is 6.09 Å². The lowest BCUT2D eigenvalue weighted by molar-refractivity contribution is 0.0442. The Hall–Kier alpha value is -0.770. The van der Waals surface area contributed by atoms with Crippen LogP contribution in [0.3, 0.4) is 0 Å². The molecule has 2 aliphatic rings. The van der Waals surface area contributed by atoms with Gasteiger partial charge in [0.25, 0.3) is 0 Å². The molecule has 0 bridgehead atoms. The van der Waals surface area contributed by atoms with Gasteiger partial charge in [-0.3, -0.25) is 0 Å². The van der Waals surface area contributed by atoms with Gasteiger partial charge in [-0.25, -0.2) is 4.79 Å². The third-order valence-corrected chi connectivity index (χ3v) is 4.39. The summed E-state index contributed by atoms with van der Waals surface area (Å²) < 4.78 is 5.42. The van der Waals surface area contributed by atoms with Crippen molar-refractivity contribution in [1.82, 2.24) is 10.6 Å². The molecular weight excluding hydrogens is 240 g/mol. The van der Waals surface area contributed by atoms with Gasteiger partial charge < -0.3 is 15.4 Å². The zero-order valence-electron chi connectivity index (χ0n) is 12.8. The monoisotopic (exact) mass is 268 g/mol. The number of nitrogens with one attached hydrogen (secondary N) is 2. The molecule has 0 spiro atoms. The van der Waals surface area contributed by atoms with Crippen molar-refractivity contribution in [2.75, 3.05) is 7.05 Å². The van der Waals surface area contributed by atoms with Crippen LogP contribution in [0.5, 0.6) is 0 Å². The van der Waals surface area contributed by atoms with Crippen LogP contribution in [-0.2, 0) is 4.74 Å². The van der Waals surface area contributed by atoms with E-state index in [2.05, 4.69) is 10.6 Å². The number of ether oxygens (including phenoxy) is 1. The van der Waals surface area contributed by atoms with Crippen LogP contribution in [0, 0.1) is 0 Å². The van der Waals surface area contributed by atoms with E-state index in [1.54, 1.807) is 0 Å². The fourth-order valence-corrected chi connectivity index (χ4v) is 3.23. The van der Waals surface area contributed by atoms with Crippen LogP contribution in [0.1, 0.15) is 65.7 Å². The van der Waals surface area contributed by atoms with Gasteiger partial charge in [-0.15, -0.1) is 0 Å². The molecule has 2 rings (SSSR count). The lowest BCUT2D eigenvalue weighted by Gasteiger charge is -2.35. The second-order valence-electron chi connectivity index (χ2n) is 7.32. The van der Waals surface area contributed by atoms with Crippen LogP contribution in [0.2, 0.25) is 0 Å². The maximum atomic E-state index is 12.1. The Morgan fingerprint density at radius 2 is 1.68 bits per heavy atom. The van der Waals surface area contributed by atoms with Crippen molar-refractivity contribution in [2.24, 2.45) is 0 Å². The summed E-state index contributed by atoms with van der Waals surface area (Å²) >= 11 is 0. The Kier molecular flexibility index (Phi) is 3.83. The van der Waals surface area contributed by atoms with Crippen LogP contribution in [0.15, 0.2) is 0 Å². The number of carbonyl (C=O) groups is 1. The molecule has 0 aliphatic heterocycles. The van der Waals surface area contributed by atoms with E-state index < -0.39 is 5.60 Å². The van der Waals surface area contributed by atoms with E-state index >= 15 is 0 Å². The molecule has 110 valence electrons. The highest BCUT2D eigenvalue weighted by Gasteiger charge is 2.49. The molecular formula is C15H28N2O2. The molecule has 0 aromatic carbocycles. The molecule has 4 nitrogen and oxygen atoms in total. The first kappa shape index (κ1) is 14.6. The Morgan fingerprint density at radius 3 is 2.11 bits per heavy atom. The van der Waals surface area contributed by atoms with Crippen LogP contribution in [0.4, 0.5) is 4.79 Å². The molecule has 0 aromatic heterocycles. The minimum absolute atomic E-state index is 0.0537. The van der Waals surface area contributed by atoms with Crippen LogP contribution in [0.25, 0.3) is 0 Å². The maximum absolute atomic E-state index is 12.1. The van der Waals surface area contributed by atoms with Crippen molar-refractivity contribution >= 4 is 6.09 Å². The smallest absolute Gasteiger partial charge is 0.408 e. The molecule has 1 amide bonds. The lowest BCUT2D eigenvalue weighted by Crippen LogP contribution is -2.52. The van der Waals surface area contributed by atoms with Gasteiger partial charge in [0.05, 0.1) is 0 Å². The molecule has 0 atom stereocenters. The highest BCUT2D eigenvalue weighted by molar-refractivity contribution is 5.69. The van der Waals surface area contributed by atoms with E-state index in [0.717, 1.165) is 19.3 Å². The number of hydrogen-bond acceptors (Lipinski definition) is 3. The van der Waals surface area contributed by atoms with Crippen LogP contribution < -0.4 is 10.6 Å². The first-order valence-corrected chi connectivity index (χ1v) is 7.48. The third kappa shape index (κ3) is 3.85. The summed E-state index contributed by atoms with van der Waals surface area (Å²) in [5.41, 5.74) is -0.217. The summed E-state index contributed by atoms with van der Waals surface area (Å²) in [7, 11) is 2.03. The Bertz CT molecular complexity index is 337. The van der Waals surface area contributed by atoms with Gasteiger partial charge in [-0.2, -0.15) is 0 Å². The molecule has 4 heteroatoms. The van der Waals surface area contributed by atoms with Crippen molar-refractivity contribution in [3.8, 4) is 0 Å². The minimum Gasteiger partial charge on any atom is -0.444 e. The fourth-order valence-electron chi connectivity index (χ4n) is 3.23. The van der Waals surface area contributed by atoms with Gasteiger partial charge in [-0.1, -0.05) is 12.8 Å². The molecule has 0 saturated heterocycles. The minimum atomic E-state index is -0.426. The zero-order valence-corrected chi connectivity index (χ0v) is 12.8. The largest absolute Gasteiger partial charge is 0.444 e. The number of rotatable bonds is 4. The second-order valence-corrected chi connectivity index (χ2v) is 7.32. The van der Waals surface area contributed by atoms with E-state index in [1.165, 1.54) is 25.7 Å². The second kappa shape index (κ2) is 4.97. The van der Waals surface area contributed by atoms with Crippen molar-refractivity contribution < 1.29 is 9.53 Å². The average Bonchev–Trinajstić information content (AvgIpc) is 2.88. The molecule has 2 aliphatic carbocycles.